The van der Waals surface area contributed by atoms with E-state index in [9.17, 15) is 78.4 Å². The first-order valence-electron chi connectivity index (χ1n) is 45.8. The predicted molar refractivity (Wildman–Crippen MR) is 526 cm³/mol. The summed E-state index contributed by atoms with van der Waals surface area (Å²) in [5.41, 5.74) is 28.3. The summed E-state index contributed by atoms with van der Waals surface area (Å²) in [5, 5.41) is 49.6. The van der Waals surface area contributed by atoms with Gasteiger partial charge in [-0.1, -0.05) is 180 Å². The van der Waals surface area contributed by atoms with Crippen LogP contribution in [0.15, 0.2) is 238 Å². The Bertz CT molecular complexity index is 6270. The molecule has 0 bridgehead atoms. The fourth-order valence-electron chi connectivity index (χ4n) is 20.9. The number of nitriles is 2. The van der Waals surface area contributed by atoms with E-state index in [2.05, 4.69) is 55.8 Å². The smallest absolute Gasteiger partial charge is 0.241 e. The zero-order valence-corrected chi connectivity index (χ0v) is 80.9. The van der Waals surface area contributed by atoms with Crippen LogP contribution in [-0.2, 0) is 80.4 Å². The van der Waals surface area contributed by atoms with Crippen molar-refractivity contribution in [3.05, 3.63) is 354 Å². The molecule has 20 nitrogen and oxygen atoms in total. The van der Waals surface area contributed by atoms with Gasteiger partial charge in [0.15, 0.2) is 0 Å². The van der Waals surface area contributed by atoms with Gasteiger partial charge in [-0.2, -0.15) is 36.0 Å². The maximum Gasteiger partial charge on any atom is 0.241 e. The minimum Gasteiger partial charge on any atom is -0.330 e. The van der Waals surface area contributed by atoms with Crippen LogP contribution in [0.2, 0.25) is 0 Å². The van der Waals surface area contributed by atoms with E-state index in [1.54, 1.807) is 0 Å². The Morgan fingerprint density at radius 1 is 0.300 bits per heavy atom. The average Bonchev–Trinajstić information content (AvgIpc) is 1.56. The third-order valence-corrected chi connectivity index (χ3v) is 34.6. The van der Waals surface area contributed by atoms with Gasteiger partial charge in [-0.15, -0.1) is 0 Å². The van der Waals surface area contributed by atoms with Crippen molar-refractivity contribution < 1.29 is 67.9 Å². The average molecular weight is 2000 g/mol. The highest BCUT2D eigenvalue weighted by Gasteiger charge is 2.61. The van der Waals surface area contributed by atoms with Gasteiger partial charge in [0.05, 0.1) is 12.1 Å². The van der Waals surface area contributed by atoms with Crippen molar-refractivity contribution in [1.82, 2.24) is 25.0 Å². The van der Waals surface area contributed by atoms with Crippen molar-refractivity contribution in [3.63, 3.8) is 0 Å². The fraction of sp³-hybridized carbons (Fsp3) is 0.314. The van der Waals surface area contributed by atoms with E-state index in [4.69, 9.17) is 17.2 Å². The third-order valence-electron chi connectivity index (χ3n) is 26.9. The first kappa shape index (κ1) is 101. The molecule has 140 heavy (non-hydrogen) atoms. The number of benzene rings is 10. The van der Waals surface area contributed by atoms with Crippen LogP contribution in [0.25, 0.3) is 0 Å². The molecule has 0 unspecified atom stereocenters. The number of nitrogens with two attached hydrogens (primary N) is 3. The number of fused-ring (bicyclic) bond motifs is 10. The van der Waals surface area contributed by atoms with Crippen LogP contribution in [-0.4, -0.2) is 99.4 Å². The maximum atomic E-state index is 14.5. The third kappa shape index (κ3) is 18.8. The summed E-state index contributed by atoms with van der Waals surface area (Å²) in [4.78, 5) is 58.7. The van der Waals surface area contributed by atoms with Crippen LogP contribution in [0, 0.1) is 110 Å². The number of carbonyl (C=O) groups excluding carboxylic acids is 5. The molecule has 20 rings (SSSR count). The molecule has 10 aliphatic rings. The number of carbonyl (C=O) groups is 5. The molecule has 0 saturated carbocycles. The Kier molecular flexibility index (Phi) is 30.5. The fourth-order valence-corrected chi connectivity index (χ4v) is 29.1. The van der Waals surface area contributed by atoms with E-state index in [0.29, 0.717) is 66.9 Å². The molecule has 0 aromatic heterocycles. The summed E-state index contributed by atoms with van der Waals surface area (Å²) in [5.74, 6) is -7.20. The highest BCUT2D eigenvalue weighted by molar-refractivity contribution is 8.16. The summed E-state index contributed by atoms with van der Waals surface area (Å²) in [6, 6.07) is 60.1. The molecule has 722 valence electrons. The molecule has 10 aromatic carbocycles. The highest BCUT2D eigenvalue weighted by atomic mass is 32.2. The van der Waals surface area contributed by atoms with Crippen LogP contribution in [0.1, 0.15) is 182 Å². The van der Waals surface area contributed by atoms with E-state index >= 15 is 0 Å². The Labute approximate surface area is 824 Å². The van der Waals surface area contributed by atoms with Crippen molar-refractivity contribution in [2.45, 2.75) is 155 Å². The second-order valence-corrected chi connectivity index (χ2v) is 41.3. The highest BCUT2D eigenvalue weighted by Crippen LogP contribution is 2.64. The van der Waals surface area contributed by atoms with E-state index < -0.39 is 82.5 Å². The molecule has 0 radical (unpaired) electrons. The van der Waals surface area contributed by atoms with Gasteiger partial charge in [0, 0.05) is 87.1 Å². The van der Waals surface area contributed by atoms with Crippen LogP contribution in [0.4, 0.5) is 43.9 Å². The molecule has 5 aliphatic carbocycles. The zero-order chi connectivity index (χ0) is 99.4. The molecule has 0 saturated heterocycles. The number of halogens is 10. The number of thioether (sulfide) groups is 5. The first-order valence-corrected chi connectivity index (χ1v) is 49.9. The summed E-state index contributed by atoms with van der Waals surface area (Å²) < 4.78 is 141. The normalized spacial score (nSPS) is 23.5. The molecule has 5 heterocycles. The van der Waals surface area contributed by atoms with E-state index in [1.807, 2.05) is 103 Å². The molecular weight excluding hydrogens is 1900 g/mol. The van der Waals surface area contributed by atoms with E-state index in [0.717, 1.165) is 198 Å². The predicted octanol–water partition coefficient (Wildman–Crippen LogP) is 21.1. The summed E-state index contributed by atoms with van der Waals surface area (Å²) in [6.07, 6.45) is 10.8. The second-order valence-electron chi connectivity index (χ2n) is 35.2. The Morgan fingerprint density at radius 3 is 0.657 bits per heavy atom. The van der Waals surface area contributed by atoms with Gasteiger partial charge in [0.25, 0.3) is 0 Å². The van der Waals surface area contributed by atoms with Crippen molar-refractivity contribution >= 4 is 114 Å². The minimum absolute atomic E-state index is 0.0203. The summed E-state index contributed by atoms with van der Waals surface area (Å²) in [7, 11) is 0. The lowest BCUT2D eigenvalue weighted by molar-refractivity contribution is -0.135. The van der Waals surface area contributed by atoms with Gasteiger partial charge >= 0.3 is 0 Å². The van der Waals surface area contributed by atoms with Gasteiger partial charge < -0.3 is 17.2 Å². The molecule has 5 spiro atoms. The lowest BCUT2D eigenvalue weighted by atomic mass is 9.77. The molecule has 10 aromatic rings. The topological polar surface area (TPSA) is 289 Å². The Hall–Kier alpha value is -12.2. The van der Waals surface area contributed by atoms with Crippen molar-refractivity contribution in [2.75, 3.05) is 19.6 Å². The largest absolute Gasteiger partial charge is 0.330 e. The molecule has 10 atom stereocenters. The quantitative estimate of drug-likeness (QED) is 0.0904. The number of amides is 5. The van der Waals surface area contributed by atoms with E-state index in [-0.39, 0.29) is 110 Å². The van der Waals surface area contributed by atoms with E-state index in [1.165, 1.54) is 118 Å². The van der Waals surface area contributed by atoms with Crippen LogP contribution >= 0.6 is 58.8 Å². The summed E-state index contributed by atoms with van der Waals surface area (Å²) >= 11 is 6.46. The maximum absolute atomic E-state index is 14.5. The van der Waals surface area contributed by atoms with Crippen LogP contribution in [0.5, 0.6) is 0 Å². The van der Waals surface area contributed by atoms with Crippen LogP contribution < -0.4 is 17.2 Å². The van der Waals surface area contributed by atoms with Crippen molar-refractivity contribution in [2.24, 2.45) is 72.3 Å². The monoisotopic (exact) mass is 2000 g/mol. The van der Waals surface area contributed by atoms with Gasteiger partial charge in [-0.25, -0.2) is 68.9 Å². The lowest BCUT2D eigenvalue weighted by Crippen LogP contribution is -2.49. The zero-order valence-electron chi connectivity index (χ0n) is 76.8. The van der Waals surface area contributed by atoms with Gasteiger partial charge in [0.2, 0.25) is 29.5 Å². The van der Waals surface area contributed by atoms with Crippen LogP contribution in [0.3, 0.4) is 0 Å². The first-order chi connectivity index (χ1) is 67.3. The molecule has 0 fully saturated rings. The SMILES string of the molecule is CC(=O)N1N=C(c2cc(F)ccc2F)S[C@@]12c1ccccc1CC[C@@H]2CC#N.CC(=O)N1N=C(c2cc(F)ccc2F)S[C@@]12c1ccccc1CC[C@H]2CC#N.CC(=O)N1N=C(c2cc(F)ccc2F)S[C@@]12c1ccccc1CC[C@H]2CCN.CC(=O)N1N=C(c2cc(F)ccc2F)S[C@]12c1ccccc1CC[C@@H]2CCN.CC(=O)N1N=C(c2cc(F)ccc2F)S[C@]12c1ccccc1CC[C@H]2CCN. The summed E-state index contributed by atoms with van der Waals surface area (Å²) in [6.45, 7) is 8.59. The Balaban J connectivity index is 0.000000126. The van der Waals surface area contributed by atoms with Gasteiger partial charge in [-0.3, -0.25) is 24.0 Å². The van der Waals surface area contributed by atoms with Gasteiger partial charge in [0.1, 0.15) is 108 Å². The number of hydrogen-bond acceptors (Lipinski definition) is 20. The molecule has 5 amide bonds. The van der Waals surface area contributed by atoms with Crippen molar-refractivity contribution in [3.8, 4) is 12.1 Å². The minimum atomic E-state index is -0.940. The number of rotatable bonds is 13. The lowest BCUT2D eigenvalue weighted by Gasteiger charge is -2.45. The molecule has 6 N–H and O–H groups in total. The number of hydrazone groups is 5. The number of nitrogens with zero attached hydrogens (tertiary/aromatic N) is 12. The molecule has 5 aliphatic heterocycles. The molecule has 35 heteroatoms. The number of hydrogen-bond donors (Lipinski definition) is 3. The number of aryl methyl sites for hydroxylation is 5. The van der Waals surface area contributed by atoms with Crippen molar-refractivity contribution in [1.29, 1.82) is 10.5 Å². The standard InChI is InChI=1S/3C21H21F2N3OS.2C21H17F2N3OS/c5*1-13(27)26-21(28-20(25-26)17-12-16(22)8-9-19(17)23)15(10-11-24)7-6-14-4-2-3-5-18(14)21/h3*2-5,8-9,12,15H,6-7,10-11,24H2,1H3;2*2-5,8-9,12,15H,6-7,10H2,1H3/t15-,21+;2*15-,21-;15-,21+;15-,21-/m01010/s1. The Morgan fingerprint density at radius 2 is 0.479 bits per heavy atom. The molecular formula is C105H97F10N15O5S5. The van der Waals surface area contributed by atoms with Gasteiger partial charge in [-0.05, 0) is 267 Å². The second kappa shape index (κ2) is 42.3.